The zero-order valence-corrected chi connectivity index (χ0v) is 11.5. The minimum absolute atomic E-state index is 0.0262. The molecule has 0 bridgehead atoms. The first kappa shape index (κ1) is 13.9. The molecule has 2 rings (SSSR count). The van der Waals surface area contributed by atoms with E-state index in [-0.39, 0.29) is 11.8 Å². The highest BCUT2D eigenvalue weighted by Crippen LogP contribution is 2.28. The lowest BCUT2D eigenvalue weighted by Gasteiger charge is -2.27. The molecule has 1 heterocycles. The Morgan fingerprint density at radius 3 is 2.63 bits per heavy atom. The maximum atomic E-state index is 12.2. The Morgan fingerprint density at radius 1 is 1.37 bits per heavy atom. The van der Waals surface area contributed by atoms with Crippen molar-refractivity contribution in [1.82, 2.24) is 4.90 Å². The summed E-state index contributed by atoms with van der Waals surface area (Å²) in [4.78, 5) is 25.3. The zero-order chi connectivity index (χ0) is 13.8. The van der Waals surface area contributed by atoms with Gasteiger partial charge >= 0.3 is 0 Å². The van der Waals surface area contributed by atoms with Crippen LogP contribution in [0.25, 0.3) is 0 Å². The lowest BCUT2D eigenvalue weighted by atomic mass is 10.0. The van der Waals surface area contributed by atoms with E-state index in [1.807, 2.05) is 6.92 Å². The molecular formula is C15H22N2O2. The minimum atomic E-state index is -0.456. The lowest BCUT2D eigenvalue weighted by Crippen LogP contribution is -2.47. The molecule has 19 heavy (non-hydrogen) atoms. The van der Waals surface area contributed by atoms with Crippen molar-refractivity contribution in [1.29, 1.82) is 0 Å². The number of primary amides is 1. The van der Waals surface area contributed by atoms with E-state index in [4.69, 9.17) is 5.73 Å². The maximum absolute atomic E-state index is 12.2. The Balaban J connectivity index is 2.00. The van der Waals surface area contributed by atoms with Crippen LogP contribution in [0.3, 0.4) is 0 Å². The van der Waals surface area contributed by atoms with Crippen LogP contribution in [0.5, 0.6) is 0 Å². The summed E-state index contributed by atoms with van der Waals surface area (Å²) in [6, 6.07) is -0.456. The van der Waals surface area contributed by atoms with E-state index in [1.165, 1.54) is 12.8 Å². The summed E-state index contributed by atoms with van der Waals surface area (Å²) < 4.78 is 0. The molecule has 2 aliphatic rings. The van der Waals surface area contributed by atoms with Crippen LogP contribution in [0.2, 0.25) is 0 Å². The SMILES string of the molecule is CCC(C(N)=O)N1CCCC(C#CC2CC2)CC1=O. The molecule has 1 saturated heterocycles. The third-order valence-corrected chi connectivity index (χ3v) is 3.85. The highest BCUT2D eigenvalue weighted by molar-refractivity contribution is 5.86. The molecule has 1 saturated carbocycles. The molecule has 0 spiro atoms. The third kappa shape index (κ3) is 3.73. The first-order valence-corrected chi connectivity index (χ1v) is 7.21. The highest BCUT2D eigenvalue weighted by Gasteiger charge is 2.30. The number of hydrogen-bond donors (Lipinski definition) is 1. The second kappa shape index (κ2) is 6.10. The number of carbonyl (C=O) groups is 2. The molecule has 2 unspecified atom stereocenters. The number of nitrogens with zero attached hydrogens (tertiary/aromatic N) is 1. The first-order chi connectivity index (χ1) is 9.11. The van der Waals surface area contributed by atoms with Crippen molar-refractivity contribution in [3.8, 4) is 11.8 Å². The molecule has 4 nitrogen and oxygen atoms in total. The Hall–Kier alpha value is -1.50. The molecule has 0 aromatic rings. The molecule has 2 N–H and O–H groups in total. The average Bonchev–Trinajstić information content (AvgIpc) is 3.17. The average molecular weight is 262 g/mol. The van der Waals surface area contributed by atoms with Gasteiger partial charge in [0.2, 0.25) is 11.8 Å². The number of rotatable bonds is 3. The fourth-order valence-electron chi connectivity index (χ4n) is 2.55. The van der Waals surface area contributed by atoms with Gasteiger partial charge in [-0.05, 0) is 32.1 Å². The molecule has 2 atom stereocenters. The van der Waals surface area contributed by atoms with Gasteiger partial charge in [0.05, 0.1) is 0 Å². The molecule has 0 radical (unpaired) electrons. The van der Waals surface area contributed by atoms with Gasteiger partial charge in [0.15, 0.2) is 0 Å². The normalized spacial score (nSPS) is 25.2. The number of likely N-dealkylation sites (tertiary alicyclic amines) is 1. The summed E-state index contributed by atoms with van der Waals surface area (Å²) >= 11 is 0. The van der Waals surface area contributed by atoms with Crippen LogP contribution < -0.4 is 5.73 Å². The van der Waals surface area contributed by atoms with Crippen LogP contribution in [-0.2, 0) is 9.59 Å². The predicted octanol–water partition coefficient (Wildman–Crippen LogP) is 1.29. The molecule has 104 valence electrons. The van der Waals surface area contributed by atoms with Crippen LogP contribution in [-0.4, -0.2) is 29.3 Å². The van der Waals surface area contributed by atoms with E-state index >= 15 is 0 Å². The molecule has 0 aromatic carbocycles. The maximum Gasteiger partial charge on any atom is 0.240 e. The van der Waals surface area contributed by atoms with E-state index < -0.39 is 11.9 Å². The Labute approximate surface area is 114 Å². The van der Waals surface area contributed by atoms with E-state index in [9.17, 15) is 9.59 Å². The van der Waals surface area contributed by atoms with Gasteiger partial charge in [0.25, 0.3) is 0 Å². The predicted molar refractivity (Wildman–Crippen MR) is 72.8 cm³/mol. The summed E-state index contributed by atoms with van der Waals surface area (Å²) in [6.45, 7) is 2.51. The standard InChI is InChI=1S/C15H22N2O2/c1-2-13(15(16)19)17-9-3-4-12(10-14(17)18)8-7-11-5-6-11/h11-13H,2-6,9-10H2,1H3,(H2,16,19). The third-order valence-electron chi connectivity index (χ3n) is 3.85. The molecule has 1 aliphatic carbocycles. The van der Waals surface area contributed by atoms with Gasteiger partial charge in [0, 0.05) is 24.8 Å². The summed E-state index contributed by atoms with van der Waals surface area (Å²) in [6.07, 6.45) is 5.28. The van der Waals surface area contributed by atoms with Crippen LogP contribution in [0.1, 0.15) is 45.4 Å². The van der Waals surface area contributed by atoms with Crippen molar-refractivity contribution in [3.05, 3.63) is 0 Å². The number of amides is 2. The van der Waals surface area contributed by atoms with Gasteiger partial charge < -0.3 is 10.6 Å². The van der Waals surface area contributed by atoms with E-state index in [2.05, 4.69) is 11.8 Å². The summed E-state index contributed by atoms with van der Waals surface area (Å²) in [5, 5.41) is 0. The van der Waals surface area contributed by atoms with Crippen LogP contribution in [0.15, 0.2) is 0 Å². The summed E-state index contributed by atoms with van der Waals surface area (Å²) in [5.74, 6) is 6.84. The van der Waals surface area contributed by atoms with Crippen molar-refractivity contribution in [2.24, 2.45) is 17.6 Å². The van der Waals surface area contributed by atoms with Crippen molar-refractivity contribution in [3.63, 3.8) is 0 Å². The monoisotopic (exact) mass is 262 g/mol. The van der Waals surface area contributed by atoms with E-state index in [0.717, 1.165) is 12.8 Å². The van der Waals surface area contributed by atoms with E-state index in [1.54, 1.807) is 4.90 Å². The number of nitrogens with two attached hydrogens (primary N) is 1. The number of hydrogen-bond acceptors (Lipinski definition) is 2. The van der Waals surface area contributed by atoms with Gasteiger partial charge in [-0.3, -0.25) is 9.59 Å². The first-order valence-electron chi connectivity index (χ1n) is 7.21. The van der Waals surface area contributed by atoms with Gasteiger partial charge in [-0.25, -0.2) is 0 Å². The Bertz CT molecular complexity index is 418. The number of carbonyl (C=O) groups excluding carboxylic acids is 2. The summed E-state index contributed by atoms with van der Waals surface area (Å²) in [7, 11) is 0. The Morgan fingerprint density at radius 2 is 2.05 bits per heavy atom. The minimum Gasteiger partial charge on any atom is -0.368 e. The molecule has 2 amide bonds. The van der Waals surface area contributed by atoms with Crippen LogP contribution in [0, 0.1) is 23.7 Å². The smallest absolute Gasteiger partial charge is 0.240 e. The van der Waals surface area contributed by atoms with Crippen molar-refractivity contribution >= 4 is 11.8 Å². The van der Waals surface area contributed by atoms with Gasteiger partial charge in [0.1, 0.15) is 6.04 Å². The highest BCUT2D eigenvalue weighted by atomic mass is 16.2. The summed E-state index contributed by atoms with van der Waals surface area (Å²) in [5.41, 5.74) is 5.37. The van der Waals surface area contributed by atoms with Crippen LogP contribution >= 0.6 is 0 Å². The largest absolute Gasteiger partial charge is 0.368 e. The molecule has 0 aromatic heterocycles. The fraction of sp³-hybridized carbons (Fsp3) is 0.733. The molecule has 2 fully saturated rings. The van der Waals surface area contributed by atoms with Gasteiger partial charge in [-0.2, -0.15) is 0 Å². The second-order valence-electron chi connectivity index (χ2n) is 5.52. The van der Waals surface area contributed by atoms with E-state index in [0.29, 0.717) is 25.3 Å². The topological polar surface area (TPSA) is 63.4 Å². The van der Waals surface area contributed by atoms with Crippen molar-refractivity contribution in [2.75, 3.05) is 6.54 Å². The molecular weight excluding hydrogens is 240 g/mol. The van der Waals surface area contributed by atoms with Crippen LogP contribution in [0.4, 0.5) is 0 Å². The van der Waals surface area contributed by atoms with Crippen molar-refractivity contribution in [2.45, 2.75) is 51.5 Å². The van der Waals surface area contributed by atoms with Crippen molar-refractivity contribution < 1.29 is 9.59 Å². The molecule has 1 aliphatic heterocycles. The van der Waals surface area contributed by atoms with Gasteiger partial charge in [-0.15, -0.1) is 0 Å². The fourth-order valence-corrected chi connectivity index (χ4v) is 2.55. The quantitative estimate of drug-likeness (QED) is 0.779. The second-order valence-corrected chi connectivity index (χ2v) is 5.52. The molecule has 4 heteroatoms. The zero-order valence-electron chi connectivity index (χ0n) is 11.5. The Kier molecular flexibility index (Phi) is 4.47. The lowest BCUT2D eigenvalue weighted by molar-refractivity contribution is -0.139. The van der Waals surface area contributed by atoms with Gasteiger partial charge in [-0.1, -0.05) is 18.8 Å².